The number of fused-ring (bicyclic) bond motifs is 1. The predicted molar refractivity (Wildman–Crippen MR) is 156 cm³/mol. The minimum Gasteiger partial charge on any atom is -0.506 e. The van der Waals surface area contributed by atoms with E-state index in [1.54, 1.807) is 25.1 Å². The topological polar surface area (TPSA) is 137 Å². The van der Waals surface area contributed by atoms with Gasteiger partial charge < -0.3 is 24.4 Å². The zero-order valence-electron chi connectivity index (χ0n) is 22.9. The first kappa shape index (κ1) is 28.4. The van der Waals surface area contributed by atoms with Gasteiger partial charge in [0, 0.05) is 11.1 Å². The average Bonchev–Trinajstić information content (AvgIpc) is 3.31. The molecule has 0 saturated carbocycles. The number of aromatic nitrogens is 1. The van der Waals surface area contributed by atoms with Crippen LogP contribution in [-0.2, 0) is 9.53 Å². The highest BCUT2D eigenvalue weighted by atomic mass is 32.1. The van der Waals surface area contributed by atoms with Crippen molar-refractivity contribution in [2.75, 3.05) is 20.8 Å². The zero-order valence-corrected chi connectivity index (χ0v) is 23.7. The summed E-state index contributed by atoms with van der Waals surface area (Å²) in [5.74, 6) is -1.55. The van der Waals surface area contributed by atoms with Crippen LogP contribution in [0.25, 0.3) is 11.8 Å². The number of rotatable bonds is 8. The summed E-state index contributed by atoms with van der Waals surface area (Å²) in [5, 5.41) is 20.0. The van der Waals surface area contributed by atoms with E-state index in [0.717, 1.165) is 11.3 Å². The van der Waals surface area contributed by atoms with Gasteiger partial charge in [-0.25, -0.2) is 14.6 Å². The first-order valence-corrected chi connectivity index (χ1v) is 13.7. The molecule has 10 nitrogen and oxygen atoms in total. The Bertz CT molecular complexity index is 1910. The number of carbonyl (C=O) groups is 2. The van der Waals surface area contributed by atoms with Crippen LogP contribution in [-0.4, -0.2) is 47.5 Å². The Hall–Kier alpha value is -5.16. The summed E-state index contributed by atoms with van der Waals surface area (Å²) in [6.07, 6.45) is 1.41. The number of benzene rings is 3. The molecule has 4 aromatic rings. The SMILES string of the molecule is CCOC(=O)C1=C(c2ccccc2)N=c2s/c(=C/c3cccc(C(=O)O)c3O)c(=O)n2C1c1ccc(OC)c(OC)c1. The van der Waals surface area contributed by atoms with Gasteiger partial charge in [-0.1, -0.05) is 59.9 Å². The fraction of sp³-hybridized carbons (Fsp3) is 0.161. The molecule has 0 saturated heterocycles. The van der Waals surface area contributed by atoms with E-state index in [-0.39, 0.29) is 27.8 Å². The van der Waals surface area contributed by atoms with E-state index in [4.69, 9.17) is 19.2 Å². The number of phenols is 1. The lowest BCUT2D eigenvalue weighted by Gasteiger charge is -2.26. The van der Waals surface area contributed by atoms with Gasteiger partial charge in [0.15, 0.2) is 16.3 Å². The van der Waals surface area contributed by atoms with Crippen molar-refractivity contribution in [1.29, 1.82) is 0 Å². The molecule has 0 fully saturated rings. The van der Waals surface area contributed by atoms with E-state index in [2.05, 4.69) is 0 Å². The molecular weight excluding hydrogens is 560 g/mol. The third-order valence-corrected chi connectivity index (χ3v) is 7.66. The molecule has 0 amide bonds. The van der Waals surface area contributed by atoms with Crippen molar-refractivity contribution in [1.82, 2.24) is 4.57 Å². The fourth-order valence-corrected chi connectivity index (χ4v) is 5.76. The fourth-order valence-electron chi connectivity index (χ4n) is 4.77. The lowest BCUT2D eigenvalue weighted by atomic mass is 9.93. The van der Waals surface area contributed by atoms with Gasteiger partial charge in [-0.05, 0) is 36.8 Å². The number of carboxylic acid groups (broad SMARTS) is 1. The van der Waals surface area contributed by atoms with Gasteiger partial charge in [0.05, 0.1) is 42.7 Å². The van der Waals surface area contributed by atoms with Crippen LogP contribution >= 0.6 is 11.3 Å². The Morgan fingerprint density at radius 1 is 1.02 bits per heavy atom. The molecule has 2 heterocycles. The van der Waals surface area contributed by atoms with Crippen LogP contribution < -0.4 is 24.4 Å². The van der Waals surface area contributed by atoms with Crippen molar-refractivity contribution < 1.29 is 34.0 Å². The minimum absolute atomic E-state index is 0.104. The van der Waals surface area contributed by atoms with Crippen molar-refractivity contribution in [3.8, 4) is 17.2 Å². The molecule has 0 aliphatic carbocycles. The Morgan fingerprint density at radius 3 is 2.43 bits per heavy atom. The van der Waals surface area contributed by atoms with E-state index < -0.39 is 29.3 Å². The van der Waals surface area contributed by atoms with Gasteiger partial charge in [0.2, 0.25) is 0 Å². The molecule has 11 heteroatoms. The van der Waals surface area contributed by atoms with Crippen molar-refractivity contribution >= 4 is 35.0 Å². The van der Waals surface area contributed by atoms with E-state index in [1.165, 1.54) is 43.1 Å². The maximum absolute atomic E-state index is 14.0. The van der Waals surface area contributed by atoms with Gasteiger partial charge in [0.25, 0.3) is 5.56 Å². The van der Waals surface area contributed by atoms with Crippen molar-refractivity contribution in [3.05, 3.63) is 114 Å². The Kier molecular flexibility index (Phi) is 7.94. The predicted octanol–water partition coefficient (Wildman–Crippen LogP) is 3.36. The minimum atomic E-state index is -1.30. The highest BCUT2D eigenvalue weighted by Gasteiger charge is 2.35. The van der Waals surface area contributed by atoms with Crippen LogP contribution in [0.1, 0.15) is 40.0 Å². The van der Waals surface area contributed by atoms with Gasteiger partial charge in [-0.2, -0.15) is 0 Å². The van der Waals surface area contributed by atoms with Crippen molar-refractivity contribution in [2.45, 2.75) is 13.0 Å². The van der Waals surface area contributed by atoms with Gasteiger partial charge >= 0.3 is 11.9 Å². The summed E-state index contributed by atoms with van der Waals surface area (Å²) in [4.78, 5) is 44.3. The molecule has 2 N–H and O–H groups in total. The Balaban J connectivity index is 1.85. The maximum Gasteiger partial charge on any atom is 0.339 e. The standard InChI is InChI=1S/C31H26N2O8S/c1-4-41-30(38)24-25(17-9-6-5-7-10-17)32-31-33(26(24)18-13-14-21(39-2)22(15-18)40-3)28(35)23(42-31)16-19-11-8-12-20(27(19)34)29(36)37/h5-16,26,34H,4H2,1-3H3,(H,36,37)/b23-16+. The summed E-state index contributed by atoms with van der Waals surface area (Å²) in [7, 11) is 3.00. The second-order valence-corrected chi connectivity index (χ2v) is 10.1. The third-order valence-electron chi connectivity index (χ3n) is 6.68. The summed E-state index contributed by atoms with van der Waals surface area (Å²) in [6, 6.07) is 17.5. The van der Waals surface area contributed by atoms with Crippen LogP contribution in [0.4, 0.5) is 0 Å². The molecule has 1 aliphatic heterocycles. The molecule has 0 radical (unpaired) electrons. The largest absolute Gasteiger partial charge is 0.506 e. The van der Waals surface area contributed by atoms with Gasteiger partial charge in [0.1, 0.15) is 11.3 Å². The molecule has 1 atom stereocenters. The maximum atomic E-state index is 14.0. The number of hydrogen-bond acceptors (Lipinski definition) is 9. The Morgan fingerprint density at radius 2 is 1.76 bits per heavy atom. The highest BCUT2D eigenvalue weighted by molar-refractivity contribution is 7.07. The molecule has 0 bridgehead atoms. The number of aromatic hydroxyl groups is 1. The zero-order chi connectivity index (χ0) is 30.0. The lowest BCUT2D eigenvalue weighted by molar-refractivity contribution is -0.138. The number of aromatic carboxylic acids is 1. The van der Waals surface area contributed by atoms with Crippen LogP contribution in [0.15, 0.2) is 82.1 Å². The molecule has 42 heavy (non-hydrogen) atoms. The smallest absolute Gasteiger partial charge is 0.339 e. The first-order valence-electron chi connectivity index (χ1n) is 12.8. The Labute approximate surface area is 243 Å². The molecule has 214 valence electrons. The quantitative estimate of drug-likeness (QED) is 0.300. The molecule has 1 unspecified atom stereocenters. The number of carbonyl (C=O) groups excluding carboxylic acids is 1. The number of methoxy groups -OCH3 is 2. The normalized spacial score (nSPS) is 14.6. The van der Waals surface area contributed by atoms with Crippen molar-refractivity contribution in [2.24, 2.45) is 4.99 Å². The number of ether oxygens (including phenoxy) is 3. The second-order valence-electron chi connectivity index (χ2n) is 9.09. The van der Waals surface area contributed by atoms with Crippen LogP contribution in [0.3, 0.4) is 0 Å². The number of carboxylic acids is 1. The first-order chi connectivity index (χ1) is 20.3. The van der Waals surface area contributed by atoms with E-state index >= 15 is 0 Å². The molecule has 5 rings (SSSR count). The van der Waals surface area contributed by atoms with Gasteiger partial charge in [-0.15, -0.1) is 0 Å². The monoisotopic (exact) mass is 586 g/mol. The van der Waals surface area contributed by atoms with E-state index in [0.29, 0.717) is 33.1 Å². The molecule has 1 aliphatic rings. The van der Waals surface area contributed by atoms with E-state index in [1.807, 2.05) is 30.3 Å². The van der Waals surface area contributed by atoms with Crippen LogP contribution in [0.2, 0.25) is 0 Å². The van der Waals surface area contributed by atoms with Gasteiger partial charge in [-0.3, -0.25) is 9.36 Å². The molecule has 1 aromatic heterocycles. The highest BCUT2D eigenvalue weighted by Crippen LogP contribution is 2.38. The number of hydrogen-bond donors (Lipinski definition) is 2. The number of nitrogens with zero attached hydrogens (tertiary/aromatic N) is 2. The number of thiazole rings is 1. The average molecular weight is 587 g/mol. The van der Waals surface area contributed by atoms with Crippen molar-refractivity contribution in [3.63, 3.8) is 0 Å². The molecular formula is C31H26N2O8S. The van der Waals surface area contributed by atoms with E-state index in [9.17, 15) is 24.6 Å². The number of para-hydroxylation sites is 1. The summed E-state index contributed by atoms with van der Waals surface area (Å²) < 4.78 is 18.0. The lowest BCUT2D eigenvalue weighted by Crippen LogP contribution is -2.40. The summed E-state index contributed by atoms with van der Waals surface area (Å²) in [5.41, 5.74) is 1.05. The summed E-state index contributed by atoms with van der Waals surface area (Å²) >= 11 is 1.05. The molecule has 3 aromatic carbocycles. The number of esters is 1. The van der Waals surface area contributed by atoms with Crippen LogP contribution in [0, 0.1) is 0 Å². The third kappa shape index (κ3) is 5.06. The summed E-state index contributed by atoms with van der Waals surface area (Å²) in [6.45, 7) is 1.80. The second kappa shape index (κ2) is 11.8. The molecule has 0 spiro atoms. The van der Waals surface area contributed by atoms with Crippen LogP contribution in [0.5, 0.6) is 17.2 Å².